The van der Waals surface area contributed by atoms with Crippen LogP contribution in [0.25, 0.3) is 0 Å². The summed E-state index contributed by atoms with van der Waals surface area (Å²) < 4.78 is 0. The van der Waals surface area contributed by atoms with Crippen LogP contribution in [0.15, 0.2) is 0 Å². The molecule has 0 rings (SSSR count). The third-order valence-corrected chi connectivity index (χ3v) is 9.22. The SMILES string of the molecule is [NH3+]C(CCC(=O)NC(CSSSCC(NC(=O)CCC([NH3+])C(=O)[O-])C(O)NCC(=O)O)C(=O)NCC(=O)O)C(=O)[O-]. The van der Waals surface area contributed by atoms with E-state index in [1.165, 1.54) is 0 Å². The van der Waals surface area contributed by atoms with Crippen LogP contribution in [0, 0.1) is 0 Å². The Labute approximate surface area is 245 Å². The van der Waals surface area contributed by atoms with Crippen molar-refractivity contribution in [1.29, 1.82) is 0 Å². The summed E-state index contributed by atoms with van der Waals surface area (Å²) in [5.41, 5.74) is 6.67. The average molecular weight is 647 g/mol. The Morgan fingerprint density at radius 1 is 0.756 bits per heavy atom. The van der Waals surface area contributed by atoms with Gasteiger partial charge in [0.1, 0.15) is 30.9 Å². The highest BCUT2D eigenvalue weighted by Gasteiger charge is 2.25. The topological polar surface area (TPSA) is 330 Å². The van der Waals surface area contributed by atoms with Gasteiger partial charge in [-0.2, -0.15) is 0 Å². The molecule has 0 spiro atoms. The van der Waals surface area contributed by atoms with Crippen molar-refractivity contribution in [2.24, 2.45) is 0 Å². The van der Waals surface area contributed by atoms with Gasteiger partial charge in [0.2, 0.25) is 17.7 Å². The minimum absolute atomic E-state index is 0.0157. The van der Waals surface area contributed by atoms with Crippen LogP contribution in [0.4, 0.5) is 0 Å². The standard InChI is InChI=1S/C20H34N6O12S3/c21-9(19(35)36)1-3-13(27)25-11(17(33)23-5-15(29)30)7-39-41-40-8-12(18(34)24-6-16(31)32)26-14(28)4-2-10(22)20(37)38/h9-12,17,23,33H,1-8,21-22H2,(H,24,34)(H,25,27)(H,26,28)(H,29,30)(H,31,32)(H,35,36)(H,37,38). The van der Waals surface area contributed by atoms with Crippen LogP contribution < -0.4 is 42.9 Å². The number of carboxylic acid groups (broad SMARTS) is 4. The van der Waals surface area contributed by atoms with Gasteiger partial charge >= 0.3 is 11.9 Å². The van der Waals surface area contributed by atoms with Gasteiger partial charge in [-0.1, -0.05) is 21.6 Å². The molecule has 0 radical (unpaired) electrons. The molecule has 41 heavy (non-hydrogen) atoms. The van der Waals surface area contributed by atoms with Gasteiger partial charge in [0.25, 0.3) is 0 Å². The van der Waals surface area contributed by atoms with Gasteiger partial charge in [-0.05, 0) is 9.83 Å². The molecule has 0 aromatic heterocycles. The molecule has 18 nitrogen and oxygen atoms in total. The number of aliphatic hydroxyl groups excluding tert-OH is 1. The quantitative estimate of drug-likeness (QED) is 0.0283. The lowest BCUT2D eigenvalue weighted by Gasteiger charge is -2.24. The van der Waals surface area contributed by atoms with Crippen molar-refractivity contribution in [3.8, 4) is 0 Å². The fraction of sp³-hybridized carbons (Fsp3) is 0.650. The second-order valence-electron chi connectivity index (χ2n) is 8.37. The van der Waals surface area contributed by atoms with Gasteiger partial charge in [-0.3, -0.25) is 29.3 Å². The zero-order valence-electron chi connectivity index (χ0n) is 21.7. The number of quaternary nitrogens is 2. The van der Waals surface area contributed by atoms with Gasteiger partial charge < -0.3 is 62.5 Å². The molecule has 0 saturated carbocycles. The monoisotopic (exact) mass is 646 g/mol. The Kier molecular flexibility index (Phi) is 19.5. The van der Waals surface area contributed by atoms with Crippen molar-refractivity contribution in [2.75, 3.05) is 24.6 Å². The van der Waals surface area contributed by atoms with Crippen LogP contribution in [0.2, 0.25) is 0 Å². The Bertz CT molecular complexity index is 930. The Hall–Kier alpha value is -2.82. The largest absolute Gasteiger partial charge is 0.544 e. The third kappa shape index (κ3) is 19.0. The first-order valence-corrected chi connectivity index (χ1v) is 15.7. The van der Waals surface area contributed by atoms with Gasteiger partial charge in [0.05, 0.1) is 24.5 Å². The number of carbonyl (C=O) groups is 7. The molecule has 0 aliphatic heterocycles. The molecule has 0 aliphatic rings. The number of carboxylic acids is 4. The van der Waals surface area contributed by atoms with E-state index in [4.69, 9.17) is 10.2 Å². The van der Waals surface area contributed by atoms with Crippen LogP contribution in [0.3, 0.4) is 0 Å². The fourth-order valence-electron chi connectivity index (χ4n) is 2.64. The molecule has 0 aliphatic carbocycles. The summed E-state index contributed by atoms with van der Waals surface area (Å²) in [5, 5.41) is 58.7. The molecule has 0 saturated heterocycles. The number of hydrogen-bond acceptors (Lipinski definition) is 14. The van der Waals surface area contributed by atoms with Gasteiger partial charge in [-0.15, -0.1) is 0 Å². The summed E-state index contributed by atoms with van der Waals surface area (Å²) in [6, 6.07) is -4.49. The first-order valence-electron chi connectivity index (χ1n) is 11.8. The van der Waals surface area contributed by atoms with E-state index >= 15 is 0 Å². The molecule has 0 aromatic rings. The number of carbonyl (C=O) groups excluding carboxylic acids is 5. The number of rotatable bonds is 23. The molecule has 0 bridgehead atoms. The lowest BCUT2D eigenvalue weighted by molar-refractivity contribution is -0.438. The molecule has 13 N–H and O–H groups in total. The zero-order valence-corrected chi connectivity index (χ0v) is 24.1. The summed E-state index contributed by atoms with van der Waals surface area (Å²) in [7, 11) is 3.22. The second kappa shape index (κ2) is 21.0. The number of aliphatic hydroxyl groups is 1. The van der Waals surface area contributed by atoms with E-state index in [9.17, 15) is 48.9 Å². The maximum absolute atomic E-state index is 12.4. The van der Waals surface area contributed by atoms with Gasteiger partial charge in [0, 0.05) is 37.2 Å². The smallest absolute Gasteiger partial charge is 0.322 e. The minimum atomic E-state index is -1.49. The van der Waals surface area contributed by atoms with Crippen molar-refractivity contribution in [3.05, 3.63) is 0 Å². The van der Waals surface area contributed by atoms with Crippen LogP contribution in [-0.2, 0) is 33.6 Å². The van der Waals surface area contributed by atoms with E-state index in [1.54, 1.807) is 0 Å². The zero-order chi connectivity index (χ0) is 31.5. The van der Waals surface area contributed by atoms with Crippen LogP contribution in [0.5, 0.6) is 0 Å². The molecule has 5 atom stereocenters. The maximum atomic E-state index is 12.4. The van der Waals surface area contributed by atoms with E-state index in [1.807, 2.05) is 0 Å². The number of hydrogen-bond donors (Lipinski definition) is 9. The van der Waals surface area contributed by atoms with E-state index in [-0.39, 0.29) is 37.2 Å². The number of nitrogens with one attached hydrogen (secondary N) is 4. The fourth-order valence-corrected chi connectivity index (χ4v) is 6.60. The van der Waals surface area contributed by atoms with E-state index in [0.717, 1.165) is 31.4 Å². The highest BCUT2D eigenvalue weighted by molar-refractivity contribution is 9.09. The Balaban J connectivity index is 5.04. The summed E-state index contributed by atoms with van der Waals surface area (Å²) >= 11 is 0. The summed E-state index contributed by atoms with van der Waals surface area (Å²) in [6.07, 6.45) is -2.30. The predicted molar refractivity (Wildman–Crippen MR) is 140 cm³/mol. The Morgan fingerprint density at radius 3 is 1.73 bits per heavy atom. The van der Waals surface area contributed by atoms with Crippen LogP contribution >= 0.6 is 31.4 Å². The summed E-state index contributed by atoms with van der Waals surface area (Å²) in [4.78, 5) is 79.9. The minimum Gasteiger partial charge on any atom is -0.544 e. The van der Waals surface area contributed by atoms with Crippen LogP contribution in [0.1, 0.15) is 25.7 Å². The van der Waals surface area contributed by atoms with Crippen molar-refractivity contribution in [3.63, 3.8) is 0 Å². The number of aliphatic carboxylic acids is 4. The Morgan fingerprint density at radius 2 is 1.24 bits per heavy atom. The lowest BCUT2D eigenvalue weighted by Crippen LogP contribution is -2.68. The molecule has 5 unspecified atom stereocenters. The van der Waals surface area contributed by atoms with Crippen molar-refractivity contribution in [1.82, 2.24) is 21.3 Å². The lowest BCUT2D eigenvalue weighted by atomic mass is 10.1. The van der Waals surface area contributed by atoms with E-state index in [2.05, 4.69) is 32.7 Å². The third-order valence-electron chi connectivity index (χ3n) is 4.94. The molecule has 0 aromatic carbocycles. The van der Waals surface area contributed by atoms with E-state index < -0.39 is 85.1 Å². The normalized spacial score (nSPS) is 14.5. The first kappa shape index (κ1) is 38.2. The van der Waals surface area contributed by atoms with Crippen LogP contribution in [-0.4, -0.2) is 112 Å². The number of amides is 3. The molecule has 0 fully saturated rings. The van der Waals surface area contributed by atoms with Gasteiger partial charge in [0.15, 0.2) is 0 Å². The van der Waals surface area contributed by atoms with Crippen molar-refractivity contribution in [2.45, 2.75) is 56.1 Å². The highest BCUT2D eigenvalue weighted by Crippen LogP contribution is 2.35. The summed E-state index contributed by atoms with van der Waals surface area (Å²) in [5.74, 6) is -7.60. The highest BCUT2D eigenvalue weighted by atomic mass is 33.5. The first-order chi connectivity index (χ1) is 19.1. The predicted octanol–water partition coefficient (Wildman–Crippen LogP) is -7.54. The van der Waals surface area contributed by atoms with Gasteiger partial charge in [-0.25, -0.2) is 0 Å². The molecular weight excluding hydrogens is 612 g/mol. The van der Waals surface area contributed by atoms with Crippen molar-refractivity contribution < 1.29 is 70.6 Å². The molecule has 3 amide bonds. The van der Waals surface area contributed by atoms with Crippen molar-refractivity contribution >= 4 is 73.0 Å². The second-order valence-corrected chi connectivity index (χ2v) is 12.7. The molecular formula is C20H34N6O12S3. The molecule has 21 heteroatoms. The van der Waals surface area contributed by atoms with E-state index in [0.29, 0.717) is 0 Å². The maximum Gasteiger partial charge on any atom is 0.322 e. The average Bonchev–Trinajstić information content (AvgIpc) is 2.89. The molecule has 0 heterocycles. The molecule has 234 valence electrons. The summed E-state index contributed by atoms with van der Waals surface area (Å²) in [6.45, 7) is -1.32.